The highest BCUT2D eigenvalue weighted by atomic mass is 35.5. The normalized spacial score (nSPS) is 22.1. The van der Waals surface area contributed by atoms with Gasteiger partial charge in [-0.15, -0.1) is 0 Å². The highest BCUT2D eigenvalue weighted by Gasteiger charge is 2.33. The first-order chi connectivity index (χ1) is 9.12. The van der Waals surface area contributed by atoms with E-state index in [-0.39, 0.29) is 0 Å². The zero-order valence-corrected chi connectivity index (χ0v) is 7.37. The summed E-state index contributed by atoms with van der Waals surface area (Å²) in [6, 6.07) is 0.950. The molecular formula is C9H9ClF3N. The summed E-state index contributed by atoms with van der Waals surface area (Å²) in [6.07, 6.45) is -4.83. The molecular weight excluding hydrogens is 215 g/mol. The minimum Gasteiger partial charge on any atom is -0.240 e. The Hall–Kier alpha value is -0.770. The number of alkyl halides is 3. The van der Waals surface area contributed by atoms with Crippen LogP contribution in [0, 0.1) is 0 Å². The van der Waals surface area contributed by atoms with Crippen molar-refractivity contribution in [1.29, 1.82) is 0 Å². The quantitative estimate of drug-likeness (QED) is 0.668. The van der Waals surface area contributed by atoms with E-state index in [0.29, 0.717) is 12.1 Å². The summed E-state index contributed by atoms with van der Waals surface area (Å²) in [7, 11) is 0. The predicted molar refractivity (Wildman–Crippen MR) is 48.3 cm³/mol. The molecule has 0 aliphatic carbocycles. The van der Waals surface area contributed by atoms with Crippen molar-refractivity contribution in [3.05, 3.63) is 28.5 Å². The van der Waals surface area contributed by atoms with Crippen LogP contribution < -0.4 is 0 Å². The molecule has 1 heterocycles. The molecule has 0 aliphatic rings. The summed E-state index contributed by atoms with van der Waals surface area (Å²) in [6.45, 7) is -6.68. The third-order valence-electron chi connectivity index (χ3n) is 1.41. The van der Waals surface area contributed by atoms with Crippen molar-refractivity contribution in [2.75, 3.05) is 0 Å². The maximum absolute atomic E-state index is 12.6. The minimum absolute atomic E-state index is 0.408. The van der Waals surface area contributed by atoms with Crippen LogP contribution >= 0.6 is 11.6 Å². The van der Waals surface area contributed by atoms with Crippen LogP contribution in [0.4, 0.5) is 13.2 Å². The Kier molecular flexibility index (Phi) is 1.30. The lowest BCUT2D eigenvalue weighted by Gasteiger charge is -2.10. The smallest absolute Gasteiger partial charge is 0.240 e. The summed E-state index contributed by atoms with van der Waals surface area (Å²) >= 11 is 5.34. The first-order valence-corrected chi connectivity index (χ1v) is 3.74. The topological polar surface area (TPSA) is 12.9 Å². The number of nitrogens with zero attached hydrogens (tertiary/aromatic N) is 1. The molecule has 1 aromatic heterocycles. The first-order valence-electron chi connectivity index (χ1n) is 6.86. The summed E-state index contributed by atoms with van der Waals surface area (Å²) in [5.41, 5.74) is -2.22. The van der Waals surface area contributed by atoms with Gasteiger partial charge in [0.25, 0.3) is 0 Å². The third kappa shape index (κ3) is 2.38. The highest BCUT2D eigenvalue weighted by Crippen LogP contribution is 2.34. The fourth-order valence-corrected chi connectivity index (χ4v) is 1.05. The fourth-order valence-electron chi connectivity index (χ4n) is 0.785. The highest BCUT2D eigenvalue weighted by molar-refractivity contribution is 6.30. The van der Waals surface area contributed by atoms with E-state index < -0.39 is 42.2 Å². The molecule has 5 heteroatoms. The molecule has 0 saturated carbocycles. The van der Waals surface area contributed by atoms with Crippen molar-refractivity contribution in [1.82, 2.24) is 4.98 Å². The molecule has 1 aromatic rings. The zero-order valence-electron chi connectivity index (χ0n) is 13.6. The average Bonchev–Trinajstić information content (AvgIpc) is 2.22. The molecule has 0 spiro atoms. The largest absolute Gasteiger partial charge is 0.419 e. The van der Waals surface area contributed by atoms with Gasteiger partial charge in [0, 0.05) is 15.3 Å². The van der Waals surface area contributed by atoms with Gasteiger partial charge in [-0.2, -0.15) is 13.2 Å². The average molecular weight is 231 g/mol. The summed E-state index contributed by atoms with van der Waals surface area (Å²) in [4.78, 5) is 3.18. The van der Waals surface area contributed by atoms with Gasteiger partial charge in [-0.05, 0) is 18.0 Å². The Bertz CT molecular complexity index is 524. The van der Waals surface area contributed by atoms with E-state index in [4.69, 9.17) is 21.2 Å². The Morgan fingerprint density at radius 3 is 2.57 bits per heavy atom. The van der Waals surface area contributed by atoms with Crippen molar-refractivity contribution in [3.63, 3.8) is 0 Å². The van der Waals surface area contributed by atoms with Crippen LogP contribution in [-0.4, -0.2) is 4.98 Å². The number of hydrogen-bond donors (Lipinski definition) is 0. The second kappa shape index (κ2) is 3.77. The maximum Gasteiger partial charge on any atom is 0.419 e. The first kappa shape index (κ1) is 4.84. The van der Waals surface area contributed by atoms with Crippen LogP contribution in [0.3, 0.4) is 0 Å². The lowest BCUT2D eigenvalue weighted by atomic mass is 10.1. The predicted octanol–water partition coefficient (Wildman–Crippen LogP) is 3.88. The molecule has 14 heavy (non-hydrogen) atoms. The number of halogens is 4. The molecule has 1 rings (SSSR count). The van der Waals surface area contributed by atoms with E-state index in [0.717, 1.165) is 0 Å². The molecule has 0 unspecified atom stereocenters. The van der Waals surface area contributed by atoms with Crippen molar-refractivity contribution < 1.29 is 22.8 Å². The van der Waals surface area contributed by atoms with Gasteiger partial charge >= 0.3 is 6.18 Å². The van der Waals surface area contributed by atoms with Gasteiger partial charge in [-0.3, -0.25) is 0 Å². The lowest BCUT2D eigenvalue weighted by molar-refractivity contribution is -0.137. The molecule has 0 radical (unpaired) electrons. The van der Waals surface area contributed by atoms with Crippen LogP contribution in [0.1, 0.15) is 40.5 Å². The van der Waals surface area contributed by atoms with Gasteiger partial charge in [0.1, 0.15) is 5.15 Å². The number of aromatic nitrogens is 1. The number of hydrogen-bond acceptors (Lipinski definition) is 1. The lowest BCUT2D eigenvalue weighted by Crippen LogP contribution is -2.08. The number of pyridine rings is 1. The van der Waals surface area contributed by atoms with Crippen molar-refractivity contribution >= 4 is 11.6 Å². The van der Waals surface area contributed by atoms with Crippen molar-refractivity contribution in [2.45, 2.75) is 25.8 Å². The van der Waals surface area contributed by atoms with Crippen LogP contribution in [0.15, 0.2) is 12.1 Å². The van der Waals surface area contributed by atoms with Gasteiger partial charge in [0.2, 0.25) is 0 Å². The van der Waals surface area contributed by atoms with Gasteiger partial charge in [0.05, 0.1) is 5.56 Å². The molecule has 0 fully saturated rings. The molecule has 0 atom stereocenters. The Balaban J connectivity index is 3.54. The number of rotatable bonds is 1. The summed E-state index contributed by atoms with van der Waals surface area (Å²) < 4.78 is 88.7. The van der Waals surface area contributed by atoms with Gasteiger partial charge in [-0.25, -0.2) is 4.98 Å². The third-order valence-corrected chi connectivity index (χ3v) is 1.70. The van der Waals surface area contributed by atoms with E-state index >= 15 is 0 Å². The fraction of sp³-hybridized carbons (Fsp3) is 0.444. The molecule has 0 aromatic carbocycles. The summed E-state index contributed by atoms with van der Waals surface area (Å²) in [5.74, 6) is -3.19. The minimum atomic E-state index is -4.83. The van der Waals surface area contributed by atoms with E-state index in [1.807, 2.05) is 0 Å². The SMILES string of the molecule is [2H]C([2H])([2H])C([2H])(c1ccc(C(F)(F)F)c(Cl)n1)C([2H])([2H])[2H]. The van der Waals surface area contributed by atoms with Crippen molar-refractivity contribution in [2.24, 2.45) is 0 Å². The van der Waals surface area contributed by atoms with Crippen LogP contribution in [0.25, 0.3) is 0 Å². The molecule has 0 bridgehead atoms. The second-order valence-corrected chi connectivity index (χ2v) is 2.77. The Morgan fingerprint density at radius 1 is 1.50 bits per heavy atom. The standard InChI is InChI=1S/C9H9ClF3N/c1-5(2)7-4-3-6(8(10)14-7)9(11,12)13/h3-5H,1-2H3/i1D3,2D3,5D. The molecule has 1 nitrogen and oxygen atoms in total. The van der Waals surface area contributed by atoms with Gasteiger partial charge in [0.15, 0.2) is 0 Å². The Morgan fingerprint density at radius 2 is 2.14 bits per heavy atom. The molecule has 0 amide bonds. The van der Waals surface area contributed by atoms with E-state index in [2.05, 4.69) is 4.98 Å². The molecule has 0 N–H and O–H groups in total. The van der Waals surface area contributed by atoms with E-state index in [9.17, 15) is 13.2 Å². The molecule has 0 aliphatic heterocycles. The van der Waals surface area contributed by atoms with Crippen LogP contribution in [-0.2, 0) is 6.18 Å². The van der Waals surface area contributed by atoms with E-state index in [1.54, 1.807) is 0 Å². The van der Waals surface area contributed by atoms with Gasteiger partial charge < -0.3 is 0 Å². The second-order valence-electron chi connectivity index (χ2n) is 2.41. The monoisotopic (exact) mass is 230 g/mol. The summed E-state index contributed by atoms with van der Waals surface area (Å²) in [5, 5.41) is -1.11. The van der Waals surface area contributed by atoms with Gasteiger partial charge in [-0.1, -0.05) is 25.3 Å². The van der Waals surface area contributed by atoms with E-state index in [1.165, 1.54) is 0 Å². The molecule has 78 valence electrons. The molecule has 0 saturated heterocycles. The van der Waals surface area contributed by atoms with Crippen LogP contribution in [0.2, 0.25) is 5.15 Å². The van der Waals surface area contributed by atoms with Crippen molar-refractivity contribution in [3.8, 4) is 0 Å². The Labute approximate surface area is 94.7 Å². The maximum atomic E-state index is 12.6. The zero-order chi connectivity index (χ0) is 16.9. The van der Waals surface area contributed by atoms with Crippen LogP contribution in [0.5, 0.6) is 0 Å².